The minimum atomic E-state index is -4.96. The molecule has 0 radical (unpaired) electrons. The van der Waals surface area contributed by atoms with Gasteiger partial charge in [-0.3, -0.25) is 46.4 Å². The molecule has 1 aromatic carbocycles. The lowest BCUT2D eigenvalue weighted by Gasteiger charge is -2.31. The zero-order valence-corrected chi connectivity index (χ0v) is 33.5. The lowest BCUT2D eigenvalue weighted by molar-refractivity contribution is -0.163. The van der Waals surface area contributed by atoms with Crippen LogP contribution in [0.4, 0.5) is 0 Å². The Balaban J connectivity index is 3.75. The lowest BCUT2D eigenvalue weighted by Crippen LogP contribution is -2.27. The van der Waals surface area contributed by atoms with E-state index in [0.29, 0.717) is 21.7 Å². The van der Waals surface area contributed by atoms with Crippen molar-refractivity contribution in [1.82, 2.24) is 0 Å². The molecule has 18 heteroatoms. The molecule has 0 saturated carbocycles. The Morgan fingerprint density at radius 2 is 0.796 bits per heavy atom. The summed E-state index contributed by atoms with van der Waals surface area (Å²) in [6, 6.07) is 5.97. The summed E-state index contributed by atoms with van der Waals surface area (Å²) in [5.74, 6) is -2.95. The summed E-state index contributed by atoms with van der Waals surface area (Å²) in [6.45, 7) is 15.0. The third kappa shape index (κ3) is 15.4. The van der Waals surface area contributed by atoms with E-state index in [0.717, 1.165) is 0 Å². The van der Waals surface area contributed by atoms with Crippen molar-refractivity contribution in [3.05, 3.63) is 29.3 Å². The fraction of sp³-hybridized carbons (Fsp3) is 0.677. The van der Waals surface area contributed by atoms with Gasteiger partial charge < -0.3 is 18.9 Å². The highest BCUT2D eigenvalue weighted by Crippen LogP contribution is 2.75. The van der Waals surface area contributed by atoms with Crippen LogP contribution >= 0.6 is 38.6 Å². The first kappa shape index (κ1) is 45.1. The second-order valence-corrected chi connectivity index (χ2v) is 21.6. The van der Waals surface area contributed by atoms with Crippen LogP contribution in [0.3, 0.4) is 0 Å². The van der Waals surface area contributed by atoms with Gasteiger partial charge in [0.15, 0.2) is 0 Å². The molecule has 0 aliphatic heterocycles. The minimum Gasteiger partial charge on any atom is -0.438 e. The fourth-order valence-electron chi connectivity index (χ4n) is 2.75. The summed E-state index contributed by atoms with van der Waals surface area (Å²) in [7, 11) is -9.91. The van der Waals surface area contributed by atoms with Gasteiger partial charge in [0, 0.05) is 9.92 Å². The molecule has 0 atom stereocenters. The molecule has 1 rings (SSSR count). The smallest absolute Gasteiger partial charge is 0.362 e. The van der Waals surface area contributed by atoms with Crippen LogP contribution in [0.5, 0.6) is 0 Å². The van der Waals surface area contributed by atoms with Crippen molar-refractivity contribution in [3.8, 4) is 0 Å². The molecule has 0 unspecified atom stereocenters. The van der Waals surface area contributed by atoms with Crippen LogP contribution in [0.15, 0.2) is 29.2 Å². The van der Waals surface area contributed by atoms with E-state index < -0.39 is 92.6 Å². The molecular weight excluding hydrogens is 726 g/mol. The normalized spacial score (nSPS) is 13.2. The molecule has 280 valence electrons. The molecule has 0 aliphatic carbocycles. The SMILES string of the molecule is CC(C)(C)C(=O)OCOP(=O)(OCOC(=O)C(C)(C)C)C(Sc1ccc(Cl)cc1)P(=O)(OCOC(=O)C(C)(C)C)OCOC(=O)C(C)(C)C. The maximum absolute atomic E-state index is 14.8. The second kappa shape index (κ2) is 18.0. The van der Waals surface area contributed by atoms with Crippen molar-refractivity contribution < 1.29 is 65.4 Å². The van der Waals surface area contributed by atoms with E-state index >= 15 is 0 Å². The van der Waals surface area contributed by atoms with Crippen LogP contribution in [0.1, 0.15) is 83.1 Å². The summed E-state index contributed by atoms with van der Waals surface area (Å²) in [5.41, 5.74) is -3.93. The number of hydrogen-bond acceptors (Lipinski definition) is 15. The Morgan fingerprint density at radius 3 is 1.02 bits per heavy atom. The van der Waals surface area contributed by atoms with Gasteiger partial charge >= 0.3 is 39.1 Å². The van der Waals surface area contributed by atoms with Crippen molar-refractivity contribution >= 4 is 62.4 Å². The summed E-state index contributed by atoms with van der Waals surface area (Å²) >= 11 is 6.68. The monoisotopic (exact) mass is 774 g/mol. The van der Waals surface area contributed by atoms with Gasteiger partial charge in [0.2, 0.25) is 31.9 Å². The van der Waals surface area contributed by atoms with E-state index in [9.17, 15) is 28.3 Å². The van der Waals surface area contributed by atoms with Crippen molar-refractivity contribution in [1.29, 1.82) is 0 Å². The van der Waals surface area contributed by atoms with Gasteiger partial charge in [-0.2, -0.15) is 0 Å². The van der Waals surface area contributed by atoms with Crippen LogP contribution in [0, 0.1) is 21.7 Å². The number of benzene rings is 1. The standard InChI is InChI=1S/C31H49ClO14P2S/c1-28(2,3)23(33)39-17-43-47(37,44-18-40-24(34)29(4,5)6)27(49-22-15-13-21(32)14-16-22)48(38,45-19-41-25(35)30(7,8)9)46-20-42-26(36)31(10,11)12/h13-16,27H,17-20H2,1-12H3. The van der Waals surface area contributed by atoms with Gasteiger partial charge in [-0.15, -0.1) is 0 Å². The van der Waals surface area contributed by atoms with Crippen molar-refractivity contribution in [2.45, 2.75) is 92.7 Å². The van der Waals surface area contributed by atoms with Crippen molar-refractivity contribution in [2.75, 3.05) is 27.2 Å². The van der Waals surface area contributed by atoms with Crippen LogP contribution in [-0.4, -0.2) is 55.8 Å². The number of ether oxygens (including phenoxy) is 4. The van der Waals surface area contributed by atoms with Gasteiger partial charge in [0.05, 0.1) is 21.7 Å². The molecule has 0 aromatic heterocycles. The number of carbonyl (C=O) groups excluding carboxylic acids is 4. The predicted molar refractivity (Wildman–Crippen MR) is 182 cm³/mol. The first-order valence-corrected chi connectivity index (χ1v) is 19.5. The Kier molecular flexibility index (Phi) is 16.5. The third-order valence-electron chi connectivity index (χ3n) is 5.74. The summed E-state index contributed by atoms with van der Waals surface area (Å²) in [6.07, 6.45) is 0. The average molecular weight is 775 g/mol. The van der Waals surface area contributed by atoms with Crippen LogP contribution in [-0.2, 0) is 65.4 Å². The molecule has 0 aliphatic rings. The highest BCUT2D eigenvalue weighted by Gasteiger charge is 2.54. The molecule has 1 aromatic rings. The predicted octanol–water partition coefficient (Wildman–Crippen LogP) is 8.36. The van der Waals surface area contributed by atoms with Crippen LogP contribution in [0.2, 0.25) is 5.02 Å². The molecule has 0 heterocycles. The number of hydrogen-bond donors (Lipinski definition) is 0. The molecule has 0 spiro atoms. The number of thioether (sulfide) groups is 1. The van der Waals surface area contributed by atoms with E-state index in [1.807, 2.05) is 0 Å². The van der Waals surface area contributed by atoms with E-state index in [1.54, 1.807) is 83.1 Å². The average Bonchev–Trinajstić information content (AvgIpc) is 2.94. The van der Waals surface area contributed by atoms with Crippen LogP contribution < -0.4 is 0 Å². The first-order chi connectivity index (χ1) is 22.1. The zero-order valence-electron chi connectivity index (χ0n) is 30.1. The van der Waals surface area contributed by atoms with Gasteiger partial charge in [0.25, 0.3) is 0 Å². The van der Waals surface area contributed by atoms with Crippen molar-refractivity contribution in [3.63, 3.8) is 0 Å². The molecule has 0 fully saturated rings. The first-order valence-electron chi connectivity index (χ1n) is 15.0. The van der Waals surface area contributed by atoms with Crippen LogP contribution in [0.25, 0.3) is 0 Å². The molecule has 0 bridgehead atoms. The largest absolute Gasteiger partial charge is 0.438 e. The number of esters is 4. The van der Waals surface area contributed by atoms with Gasteiger partial charge in [-0.05, 0) is 107 Å². The molecular formula is C31H49ClO14P2S. The molecule has 0 N–H and O–H groups in total. The number of carbonyl (C=O) groups is 4. The van der Waals surface area contributed by atoms with E-state index in [4.69, 9.17) is 48.6 Å². The summed E-state index contributed by atoms with van der Waals surface area (Å²) < 4.78 is 70.3. The maximum atomic E-state index is 14.8. The lowest BCUT2D eigenvalue weighted by atomic mass is 9.98. The summed E-state index contributed by atoms with van der Waals surface area (Å²) in [4.78, 5) is 50.3. The second-order valence-electron chi connectivity index (χ2n) is 14.7. The Morgan fingerprint density at radius 1 is 0.551 bits per heavy atom. The number of halogens is 1. The van der Waals surface area contributed by atoms with Crippen molar-refractivity contribution in [2.24, 2.45) is 21.7 Å². The highest BCUT2D eigenvalue weighted by molar-refractivity contribution is 8.12. The molecule has 49 heavy (non-hydrogen) atoms. The quantitative estimate of drug-likeness (QED) is 0.0514. The number of rotatable bonds is 16. The molecule has 0 saturated heterocycles. The highest BCUT2D eigenvalue weighted by atomic mass is 35.5. The zero-order chi connectivity index (χ0) is 38.1. The maximum Gasteiger partial charge on any atom is 0.362 e. The Labute approximate surface area is 297 Å². The summed E-state index contributed by atoms with van der Waals surface area (Å²) in [5, 5.41) is 0.346. The minimum absolute atomic E-state index is 0.297. The van der Waals surface area contributed by atoms with E-state index in [2.05, 4.69) is 0 Å². The Bertz CT molecular complexity index is 1240. The topological polar surface area (TPSA) is 176 Å². The van der Waals surface area contributed by atoms with Gasteiger partial charge in [0.1, 0.15) is 0 Å². The fourth-order valence-corrected chi connectivity index (χ4v) is 9.55. The van der Waals surface area contributed by atoms with Gasteiger partial charge in [-0.25, -0.2) is 0 Å². The Hall–Kier alpha value is -1.96. The van der Waals surface area contributed by atoms with Gasteiger partial charge in [-0.1, -0.05) is 23.4 Å². The van der Waals surface area contributed by atoms with E-state index in [1.165, 1.54) is 24.3 Å². The van der Waals surface area contributed by atoms with E-state index in [-0.39, 0.29) is 0 Å². The molecule has 14 nitrogen and oxygen atoms in total. The molecule has 0 amide bonds. The third-order valence-corrected chi connectivity index (χ3v) is 13.6.